The molecular weight excluding hydrogens is 266 g/mol. The van der Waals surface area contributed by atoms with Crippen molar-refractivity contribution in [3.05, 3.63) is 35.2 Å². The smallest absolute Gasteiger partial charge is 0.144 e. The molecule has 0 unspecified atom stereocenters. The van der Waals surface area contributed by atoms with Crippen molar-refractivity contribution >= 4 is 27.3 Å². The Labute approximate surface area is 123 Å². The molecule has 1 heterocycles. The molecular formula is C16H21N3S. The van der Waals surface area contributed by atoms with Crippen LogP contribution in [0.5, 0.6) is 0 Å². The van der Waals surface area contributed by atoms with Gasteiger partial charge in [-0.15, -0.1) is 11.3 Å². The van der Waals surface area contributed by atoms with Crippen molar-refractivity contribution in [3.8, 4) is 0 Å². The fraction of sp³-hybridized carbons (Fsp3) is 0.438. The summed E-state index contributed by atoms with van der Waals surface area (Å²) in [6, 6.07) is 8.84. The van der Waals surface area contributed by atoms with Crippen molar-refractivity contribution in [2.24, 2.45) is 10.8 Å². The summed E-state index contributed by atoms with van der Waals surface area (Å²) < 4.78 is 1.28. The standard InChI is InChI=1S/C16H21N3S/c17-19-16(18-12-7-3-1-2-4-8-12)14-11-20-15-10-6-5-9-13(14)15/h5-6,9-12H,1-4,7-8,17H2,(H,18,19). The molecule has 4 heteroatoms. The summed E-state index contributed by atoms with van der Waals surface area (Å²) in [7, 11) is 0. The Kier molecular flexibility index (Phi) is 4.33. The van der Waals surface area contributed by atoms with Crippen molar-refractivity contribution in [1.82, 2.24) is 5.43 Å². The SMILES string of the molecule is NNC(=NC1CCCCCC1)c1csc2ccccc12. The zero-order chi connectivity index (χ0) is 13.8. The van der Waals surface area contributed by atoms with Crippen molar-refractivity contribution in [1.29, 1.82) is 0 Å². The highest BCUT2D eigenvalue weighted by Crippen LogP contribution is 2.27. The van der Waals surface area contributed by atoms with Crippen molar-refractivity contribution in [2.45, 2.75) is 44.6 Å². The van der Waals surface area contributed by atoms with Crippen LogP contribution in [0.3, 0.4) is 0 Å². The molecule has 106 valence electrons. The van der Waals surface area contributed by atoms with Crippen LogP contribution in [-0.4, -0.2) is 11.9 Å². The highest BCUT2D eigenvalue weighted by atomic mass is 32.1. The number of nitrogens with zero attached hydrogens (tertiary/aromatic N) is 1. The molecule has 0 atom stereocenters. The van der Waals surface area contributed by atoms with Gasteiger partial charge in [-0.3, -0.25) is 4.99 Å². The Hall–Kier alpha value is -1.39. The second-order valence-electron chi connectivity index (χ2n) is 5.41. The van der Waals surface area contributed by atoms with Gasteiger partial charge in [0.2, 0.25) is 0 Å². The molecule has 0 amide bonds. The van der Waals surface area contributed by atoms with Gasteiger partial charge >= 0.3 is 0 Å². The third-order valence-corrected chi connectivity index (χ3v) is 4.97. The monoisotopic (exact) mass is 287 g/mol. The van der Waals surface area contributed by atoms with Gasteiger partial charge in [0, 0.05) is 21.0 Å². The third kappa shape index (κ3) is 2.86. The van der Waals surface area contributed by atoms with Gasteiger partial charge in [0.1, 0.15) is 5.84 Å². The molecule has 0 saturated heterocycles. The summed E-state index contributed by atoms with van der Waals surface area (Å²) in [6.07, 6.45) is 7.64. The Morgan fingerprint density at radius 3 is 2.65 bits per heavy atom. The Morgan fingerprint density at radius 1 is 1.15 bits per heavy atom. The molecule has 1 aliphatic carbocycles. The van der Waals surface area contributed by atoms with Gasteiger partial charge in [0.05, 0.1) is 6.04 Å². The van der Waals surface area contributed by atoms with Crippen LogP contribution in [0.4, 0.5) is 0 Å². The van der Waals surface area contributed by atoms with E-state index in [1.165, 1.54) is 48.6 Å². The van der Waals surface area contributed by atoms with E-state index in [2.05, 4.69) is 35.1 Å². The summed E-state index contributed by atoms with van der Waals surface area (Å²) in [5.74, 6) is 6.58. The average Bonchev–Trinajstić information content (AvgIpc) is 2.74. The lowest BCUT2D eigenvalue weighted by atomic mass is 10.1. The molecule has 2 aromatic rings. The van der Waals surface area contributed by atoms with Gasteiger partial charge in [0.15, 0.2) is 0 Å². The highest BCUT2D eigenvalue weighted by Gasteiger charge is 2.14. The molecule has 0 aliphatic heterocycles. The minimum absolute atomic E-state index is 0.419. The molecule has 1 saturated carbocycles. The normalized spacial score (nSPS) is 18.1. The Morgan fingerprint density at radius 2 is 1.90 bits per heavy atom. The number of fused-ring (bicyclic) bond motifs is 1. The zero-order valence-electron chi connectivity index (χ0n) is 11.6. The van der Waals surface area contributed by atoms with Crippen LogP contribution in [0.15, 0.2) is 34.6 Å². The molecule has 20 heavy (non-hydrogen) atoms. The maximum atomic E-state index is 5.74. The van der Waals surface area contributed by atoms with E-state index < -0.39 is 0 Å². The first-order chi connectivity index (χ1) is 9.88. The highest BCUT2D eigenvalue weighted by molar-refractivity contribution is 7.17. The second-order valence-corrected chi connectivity index (χ2v) is 6.32. The molecule has 0 spiro atoms. The Bertz CT molecular complexity index is 595. The molecule has 3 N–H and O–H groups in total. The van der Waals surface area contributed by atoms with Crippen LogP contribution in [0, 0.1) is 0 Å². The number of nitrogens with one attached hydrogen (secondary N) is 1. The summed E-state index contributed by atoms with van der Waals surface area (Å²) in [4.78, 5) is 4.89. The van der Waals surface area contributed by atoms with Gasteiger partial charge in [-0.25, -0.2) is 5.84 Å². The van der Waals surface area contributed by atoms with E-state index in [4.69, 9.17) is 10.8 Å². The van der Waals surface area contributed by atoms with Crippen LogP contribution < -0.4 is 11.3 Å². The summed E-state index contributed by atoms with van der Waals surface area (Å²) in [5.41, 5.74) is 3.96. The number of benzene rings is 1. The first kappa shape index (κ1) is 13.6. The predicted molar refractivity (Wildman–Crippen MR) is 87.2 cm³/mol. The van der Waals surface area contributed by atoms with Gasteiger partial charge in [-0.1, -0.05) is 43.9 Å². The van der Waals surface area contributed by atoms with E-state index in [9.17, 15) is 0 Å². The maximum Gasteiger partial charge on any atom is 0.144 e. The Balaban J connectivity index is 1.92. The number of hydrazine groups is 1. The van der Waals surface area contributed by atoms with E-state index in [0.29, 0.717) is 6.04 Å². The van der Waals surface area contributed by atoms with E-state index in [1.807, 2.05) is 0 Å². The lowest BCUT2D eigenvalue weighted by Crippen LogP contribution is -2.32. The first-order valence-electron chi connectivity index (χ1n) is 7.39. The number of hydrogen-bond acceptors (Lipinski definition) is 3. The largest absolute Gasteiger partial charge is 0.308 e. The van der Waals surface area contributed by atoms with Crippen LogP contribution in [-0.2, 0) is 0 Å². The first-order valence-corrected chi connectivity index (χ1v) is 8.27. The van der Waals surface area contributed by atoms with Gasteiger partial charge in [-0.2, -0.15) is 0 Å². The lowest BCUT2D eigenvalue weighted by Gasteiger charge is -2.12. The number of thiophene rings is 1. The fourth-order valence-electron chi connectivity index (χ4n) is 2.92. The summed E-state index contributed by atoms with van der Waals surface area (Å²) >= 11 is 1.75. The number of hydrogen-bond donors (Lipinski definition) is 2. The molecule has 1 aliphatic rings. The van der Waals surface area contributed by atoms with Crippen LogP contribution in [0.1, 0.15) is 44.1 Å². The topological polar surface area (TPSA) is 50.4 Å². The molecule has 3 rings (SSSR count). The van der Waals surface area contributed by atoms with Gasteiger partial charge < -0.3 is 5.43 Å². The van der Waals surface area contributed by atoms with Crippen molar-refractivity contribution in [2.75, 3.05) is 0 Å². The zero-order valence-corrected chi connectivity index (χ0v) is 12.5. The molecule has 1 fully saturated rings. The van der Waals surface area contributed by atoms with E-state index in [0.717, 1.165) is 11.4 Å². The third-order valence-electron chi connectivity index (χ3n) is 4.01. The minimum Gasteiger partial charge on any atom is -0.308 e. The minimum atomic E-state index is 0.419. The molecule has 1 aromatic carbocycles. The van der Waals surface area contributed by atoms with E-state index >= 15 is 0 Å². The average molecular weight is 287 g/mol. The quantitative estimate of drug-likeness (QED) is 0.290. The second kappa shape index (κ2) is 6.37. The molecule has 1 aromatic heterocycles. The maximum absolute atomic E-state index is 5.74. The van der Waals surface area contributed by atoms with Crippen LogP contribution in [0.2, 0.25) is 0 Å². The van der Waals surface area contributed by atoms with Crippen LogP contribution in [0.25, 0.3) is 10.1 Å². The number of rotatable bonds is 2. The van der Waals surface area contributed by atoms with Crippen molar-refractivity contribution < 1.29 is 0 Å². The summed E-state index contributed by atoms with van der Waals surface area (Å²) in [6.45, 7) is 0. The number of aliphatic imine (C=N–C) groups is 1. The summed E-state index contributed by atoms with van der Waals surface area (Å²) in [5, 5.41) is 3.39. The molecule has 3 nitrogen and oxygen atoms in total. The van der Waals surface area contributed by atoms with E-state index in [1.54, 1.807) is 11.3 Å². The van der Waals surface area contributed by atoms with Gasteiger partial charge in [0.25, 0.3) is 0 Å². The predicted octanol–water partition coefficient (Wildman–Crippen LogP) is 3.83. The fourth-order valence-corrected chi connectivity index (χ4v) is 3.86. The molecule has 0 radical (unpaired) electrons. The number of amidine groups is 1. The van der Waals surface area contributed by atoms with E-state index in [-0.39, 0.29) is 0 Å². The molecule has 0 bridgehead atoms. The van der Waals surface area contributed by atoms with Crippen LogP contribution >= 0.6 is 11.3 Å². The number of nitrogens with two attached hydrogens (primary N) is 1. The lowest BCUT2D eigenvalue weighted by molar-refractivity contribution is 0.583. The van der Waals surface area contributed by atoms with Crippen molar-refractivity contribution in [3.63, 3.8) is 0 Å². The van der Waals surface area contributed by atoms with Gasteiger partial charge in [-0.05, 0) is 18.9 Å².